The van der Waals surface area contributed by atoms with Crippen LogP contribution in [-0.2, 0) is 4.74 Å². The molecular weight excluding hydrogens is 242 g/mol. The number of hydrogen-bond donors (Lipinski definition) is 1. The van der Waals surface area contributed by atoms with Gasteiger partial charge in [-0.15, -0.1) is 0 Å². The Morgan fingerprint density at radius 1 is 1.36 bits per heavy atom. The highest BCUT2D eigenvalue weighted by molar-refractivity contribution is 9.10. The predicted octanol–water partition coefficient (Wildman–Crippen LogP) is 3.04. The first-order valence-corrected chi connectivity index (χ1v) is 5.69. The molecule has 1 aromatic carbocycles. The second-order valence-corrected chi connectivity index (χ2v) is 4.54. The van der Waals surface area contributed by atoms with E-state index in [1.54, 1.807) is 0 Å². The summed E-state index contributed by atoms with van der Waals surface area (Å²) in [5, 5.41) is 3.47. The van der Waals surface area contributed by atoms with Crippen LogP contribution in [0.2, 0.25) is 0 Å². The molecule has 1 N–H and O–H groups in total. The summed E-state index contributed by atoms with van der Waals surface area (Å²) in [4.78, 5) is 0. The van der Waals surface area contributed by atoms with Gasteiger partial charge in [-0.25, -0.2) is 0 Å². The third-order valence-electron chi connectivity index (χ3n) is 2.57. The summed E-state index contributed by atoms with van der Waals surface area (Å²) in [5.41, 5.74) is 1.16. The Morgan fingerprint density at radius 2 is 2.07 bits per heavy atom. The van der Waals surface area contributed by atoms with Crippen LogP contribution in [0.5, 0.6) is 0 Å². The Hall–Kier alpha value is -0.540. The van der Waals surface area contributed by atoms with Crippen molar-refractivity contribution in [1.29, 1.82) is 0 Å². The van der Waals surface area contributed by atoms with Gasteiger partial charge >= 0.3 is 0 Å². The Morgan fingerprint density at radius 3 is 2.64 bits per heavy atom. The smallest absolute Gasteiger partial charge is 0.0748 e. The van der Waals surface area contributed by atoms with Crippen LogP contribution in [0, 0.1) is 0 Å². The number of hydrogen-bond acceptors (Lipinski definition) is 2. The van der Waals surface area contributed by atoms with Crippen LogP contribution in [-0.4, -0.2) is 18.8 Å². The second kappa shape index (κ2) is 4.32. The molecule has 2 atom stereocenters. The fraction of sp³-hybridized carbons (Fsp3) is 0.455. The monoisotopic (exact) mass is 255 g/mol. The van der Waals surface area contributed by atoms with Gasteiger partial charge in [0.15, 0.2) is 0 Å². The molecule has 0 spiro atoms. The van der Waals surface area contributed by atoms with E-state index in [0.717, 1.165) is 23.2 Å². The zero-order chi connectivity index (χ0) is 9.97. The fourth-order valence-electron chi connectivity index (χ4n) is 1.68. The predicted molar refractivity (Wildman–Crippen MR) is 61.6 cm³/mol. The first kappa shape index (κ1) is 9.99. The number of benzene rings is 1. The first-order valence-electron chi connectivity index (χ1n) is 4.89. The highest BCUT2D eigenvalue weighted by Gasteiger charge is 2.23. The molecule has 0 saturated carbocycles. The lowest BCUT2D eigenvalue weighted by Crippen LogP contribution is -2.26. The van der Waals surface area contributed by atoms with Gasteiger partial charge < -0.3 is 10.1 Å². The molecule has 0 unspecified atom stereocenters. The second-order valence-electron chi connectivity index (χ2n) is 3.62. The number of ether oxygens (including phenoxy) is 1. The lowest BCUT2D eigenvalue weighted by Gasteiger charge is -2.17. The lowest BCUT2D eigenvalue weighted by molar-refractivity contribution is 0.121. The fourth-order valence-corrected chi connectivity index (χ4v) is 1.95. The minimum Gasteiger partial charge on any atom is -0.380 e. The summed E-state index contributed by atoms with van der Waals surface area (Å²) >= 11 is 3.42. The van der Waals surface area contributed by atoms with E-state index in [4.69, 9.17) is 4.74 Å². The quantitative estimate of drug-likeness (QED) is 0.878. The molecule has 3 heteroatoms. The molecule has 0 bridgehead atoms. The molecule has 14 heavy (non-hydrogen) atoms. The normalized spacial score (nSPS) is 26.4. The van der Waals surface area contributed by atoms with Gasteiger partial charge in [0.1, 0.15) is 0 Å². The summed E-state index contributed by atoms with van der Waals surface area (Å²) in [6.07, 6.45) is 1.41. The van der Waals surface area contributed by atoms with Crippen molar-refractivity contribution in [2.24, 2.45) is 0 Å². The van der Waals surface area contributed by atoms with Crippen LogP contribution in [0.1, 0.15) is 13.3 Å². The van der Waals surface area contributed by atoms with Crippen molar-refractivity contribution >= 4 is 21.6 Å². The highest BCUT2D eigenvalue weighted by atomic mass is 79.9. The third-order valence-corrected chi connectivity index (χ3v) is 3.10. The van der Waals surface area contributed by atoms with E-state index < -0.39 is 0 Å². The van der Waals surface area contributed by atoms with E-state index in [-0.39, 0.29) is 0 Å². The molecule has 76 valence electrons. The number of rotatable bonds is 2. The van der Waals surface area contributed by atoms with E-state index >= 15 is 0 Å². The van der Waals surface area contributed by atoms with Crippen LogP contribution in [0.3, 0.4) is 0 Å². The molecule has 1 aliphatic rings. The van der Waals surface area contributed by atoms with Crippen molar-refractivity contribution in [3.05, 3.63) is 28.7 Å². The van der Waals surface area contributed by atoms with Crippen LogP contribution >= 0.6 is 15.9 Å². The van der Waals surface area contributed by atoms with Gasteiger partial charge in [-0.3, -0.25) is 0 Å². The molecule has 1 saturated heterocycles. The average Bonchev–Trinajstić information content (AvgIpc) is 2.56. The topological polar surface area (TPSA) is 21.3 Å². The molecule has 1 aliphatic heterocycles. The molecule has 2 nitrogen and oxygen atoms in total. The van der Waals surface area contributed by atoms with Gasteiger partial charge in [0.2, 0.25) is 0 Å². The molecule has 2 rings (SSSR count). The van der Waals surface area contributed by atoms with E-state index in [0.29, 0.717) is 12.1 Å². The van der Waals surface area contributed by atoms with Crippen molar-refractivity contribution in [2.75, 3.05) is 11.9 Å². The molecule has 1 heterocycles. The summed E-state index contributed by atoms with van der Waals surface area (Å²) in [5.74, 6) is 0. The van der Waals surface area contributed by atoms with Crippen LogP contribution in [0.4, 0.5) is 5.69 Å². The standard InChI is InChI=1S/C11H14BrNO/c1-8-11(6-7-14-8)13-10-4-2-9(12)3-5-10/h2-5,8,11,13H,6-7H2,1H3/t8-,11-/m1/s1. The van der Waals surface area contributed by atoms with E-state index in [1.807, 2.05) is 12.1 Å². The molecule has 0 radical (unpaired) electrons. The van der Waals surface area contributed by atoms with Crippen molar-refractivity contribution in [1.82, 2.24) is 0 Å². The summed E-state index contributed by atoms with van der Waals surface area (Å²) in [7, 11) is 0. The summed E-state index contributed by atoms with van der Waals surface area (Å²) in [6.45, 7) is 2.99. The third kappa shape index (κ3) is 2.28. The van der Waals surface area contributed by atoms with Crippen LogP contribution in [0.15, 0.2) is 28.7 Å². The summed E-state index contributed by atoms with van der Waals surface area (Å²) < 4.78 is 6.60. The number of nitrogens with one attached hydrogen (secondary N) is 1. The molecule has 0 aliphatic carbocycles. The zero-order valence-electron chi connectivity index (χ0n) is 8.16. The average molecular weight is 256 g/mol. The van der Waals surface area contributed by atoms with Gasteiger partial charge in [0.25, 0.3) is 0 Å². The molecule has 0 aromatic heterocycles. The van der Waals surface area contributed by atoms with Gasteiger partial charge in [-0.1, -0.05) is 15.9 Å². The molecular formula is C11H14BrNO. The van der Waals surface area contributed by atoms with Gasteiger partial charge in [0.05, 0.1) is 12.1 Å². The van der Waals surface area contributed by atoms with Crippen LogP contribution in [0.25, 0.3) is 0 Å². The number of halogens is 1. The molecule has 1 fully saturated rings. The van der Waals surface area contributed by atoms with Gasteiger partial charge in [-0.2, -0.15) is 0 Å². The highest BCUT2D eigenvalue weighted by Crippen LogP contribution is 2.20. The van der Waals surface area contributed by atoms with Crippen molar-refractivity contribution < 1.29 is 4.74 Å². The van der Waals surface area contributed by atoms with E-state index in [2.05, 4.69) is 40.3 Å². The molecule has 0 amide bonds. The molecule has 1 aromatic rings. The minimum atomic E-state index is 0.318. The maximum Gasteiger partial charge on any atom is 0.0748 e. The first-order chi connectivity index (χ1) is 6.75. The van der Waals surface area contributed by atoms with Crippen LogP contribution < -0.4 is 5.32 Å². The Balaban J connectivity index is 2.00. The Kier molecular flexibility index (Phi) is 3.08. The van der Waals surface area contributed by atoms with Gasteiger partial charge in [0, 0.05) is 16.8 Å². The van der Waals surface area contributed by atoms with E-state index in [1.165, 1.54) is 0 Å². The largest absolute Gasteiger partial charge is 0.380 e. The zero-order valence-corrected chi connectivity index (χ0v) is 9.75. The Bertz CT molecular complexity index is 299. The summed E-state index contributed by atoms with van der Waals surface area (Å²) in [6, 6.07) is 8.70. The lowest BCUT2D eigenvalue weighted by atomic mass is 10.1. The number of anilines is 1. The maximum absolute atomic E-state index is 5.49. The van der Waals surface area contributed by atoms with E-state index in [9.17, 15) is 0 Å². The van der Waals surface area contributed by atoms with Gasteiger partial charge in [-0.05, 0) is 37.6 Å². The van der Waals surface area contributed by atoms with Crippen molar-refractivity contribution in [3.63, 3.8) is 0 Å². The minimum absolute atomic E-state index is 0.318. The maximum atomic E-state index is 5.49. The van der Waals surface area contributed by atoms with Crippen molar-refractivity contribution in [3.8, 4) is 0 Å². The Labute approximate surface area is 92.8 Å². The van der Waals surface area contributed by atoms with Crippen molar-refractivity contribution in [2.45, 2.75) is 25.5 Å². The SMILES string of the molecule is C[C@H]1OCC[C@H]1Nc1ccc(Br)cc1.